The van der Waals surface area contributed by atoms with Crippen LogP contribution in [0, 0.1) is 30.1 Å². The Labute approximate surface area is 177 Å². The van der Waals surface area contributed by atoms with Crippen LogP contribution in [0.25, 0.3) is 11.3 Å². The van der Waals surface area contributed by atoms with Gasteiger partial charge >= 0.3 is 0 Å². The fourth-order valence-corrected chi connectivity index (χ4v) is 7.16. The summed E-state index contributed by atoms with van der Waals surface area (Å²) >= 11 is 6.38. The second-order valence-corrected chi connectivity index (χ2v) is 10.6. The standard InChI is InChI=1S/C24H29ClN2O2/c1-14(2)23-9-16-8-17(10-23)12-24(11-16,13-23)26-22(28)20-15(3)29-27-21(20)18-6-4-5-7-19(18)25/h4-7,14,16-17H,8-13H2,1-3H3,(H,26,28)/t16-,17+,23?,24?. The van der Waals surface area contributed by atoms with Crippen LogP contribution in [0.2, 0.25) is 5.02 Å². The molecule has 4 fully saturated rings. The first kappa shape index (κ1) is 19.2. The molecule has 4 saturated carbocycles. The van der Waals surface area contributed by atoms with Gasteiger partial charge in [0.15, 0.2) is 0 Å². The highest BCUT2D eigenvalue weighted by Gasteiger charge is 2.59. The van der Waals surface area contributed by atoms with Crippen LogP contribution in [-0.4, -0.2) is 16.6 Å². The van der Waals surface area contributed by atoms with Gasteiger partial charge < -0.3 is 9.84 Å². The Morgan fingerprint density at radius 1 is 1.21 bits per heavy atom. The van der Waals surface area contributed by atoms with E-state index < -0.39 is 0 Å². The maximum atomic E-state index is 13.5. The molecule has 1 heterocycles. The van der Waals surface area contributed by atoms with Gasteiger partial charge in [-0.15, -0.1) is 0 Å². The van der Waals surface area contributed by atoms with Crippen molar-refractivity contribution in [2.24, 2.45) is 23.2 Å². The molecular weight excluding hydrogens is 384 g/mol. The summed E-state index contributed by atoms with van der Waals surface area (Å²) in [6.07, 6.45) is 7.31. The van der Waals surface area contributed by atoms with E-state index in [0.29, 0.717) is 33.4 Å². The number of aryl methyl sites for hydroxylation is 1. The number of aromatic nitrogens is 1. The molecule has 0 radical (unpaired) electrons. The molecule has 0 saturated heterocycles. The molecule has 2 aromatic rings. The Morgan fingerprint density at radius 3 is 2.55 bits per heavy atom. The zero-order chi connectivity index (χ0) is 20.4. The molecule has 4 atom stereocenters. The van der Waals surface area contributed by atoms with Crippen molar-refractivity contribution in [3.8, 4) is 11.3 Å². The van der Waals surface area contributed by atoms with Crippen LogP contribution in [0.15, 0.2) is 28.8 Å². The molecule has 2 unspecified atom stereocenters. The number of rotatable bonds is 4. The van der Waals surface area contributed by atoms with E-state index in [1.54, 1.807) is 6.92 Å². The molecule has 29 heavy (non-hydrogen) atoms. The lowest BCUT2D eigenvalue weighted by molar-refractivity contribution is -0.101. The van der Waals surface area contributed by atoms with E-state index in [4.69, 9.17) is 16.1 Å². The molecular formula is C24H29ClN2O2. The highest BCUT2D eigenvalue weighted by atomic mass is 35.5. The Kier molecular flexibility index (Phi) is 4.36. The topological polar surface area (TPSA) is 55.1 Å². The van der Waals surface area contributed by atoms with Gasteiger partial charge in [-0.3, -0.25) is 4.79 Å². The lowest BCUT2D eigenvalue weighted by Crippen LogP contribution is -2.64. The first-order valence-electron chi connectivity index (χ1n) is 10.8. The summed E-state index contributed by atoms with van der Waals surface area (Å²) in [5.41, 5.74) is 2.08. The summed E-state index contributed by atoms with van der Waals surface area (Å²) < 4.78 is 5.44. The van der Waals surface area contributed by atoms with Gasteiger partial charge in [-0.2, -0.15) is 0 Å². The molecule has 5 heteroatoms. The fraction of sp³-hybridized carbons (Fsp3) is 0.583. The molecule has 1 aromatic heterocycles. The lowest BCUT2D eigenvalue weighted by Gasteiger charge is -2.63. The maximum Gasteiger partial charge on any atom is 0.257 e. The lowest BCUT2D eigenvalue weighted by atomic mass is 9.44. The molecule has 154 valence electrons. The van der Waals surface area contributed by atoms with Crippen LogP contribution in [0.4, 0.5) is 0 Å². The SMILES string of the molecule is Cc1onc(-c2ccccc2Cl)c1C(=O)NC12C[C@H]3C[C@@H](C1)CC(C(C)C)(C3)C2. The zero-order valence-corrected chi connectivity index (χ0v) is 18.2. The third-order valence-corrected chi connectivity index (χ3v) is 8.26. The molecule has 1 amide bonds. The van der Waals surface area contributed by atoms with Gasteiger partial charge in [-0.05, 0) is 74.7 Å². The zero-order valence-electron chi connectivity index (χ0n) is 17.4. The van der Waals surface area contributed by atoms with Crippen molar-refractivity contribution in [3.63, 3.8) is 0 Å². The minimum atomic E-state index is -0.0904. The minimum Gasteiger partial charge on any atom is -0.360 e. The van der Waals surface area contributed by atoms with Gasteiger partial charge in [0, 0.05) is 11.1 Å². The molecule has 4 bridgehead atoms. The van der Waals surface area contributed by atoms with Crippen molar-refractivity contribution < 1.29 is 9.32 Å². The van der Waals surface area contributed by atoms with E-state index in [2.05, 4.69) is 24.3 Å². The van der Waals surface area contributed by atoms with Crippen LogP contribution >= 0.6 is 11.6 Å². The Balaban J connectivity index is 1.48. The predicted octanol–water partition coefficient (Wildman–Crippen LogP) is 6.03. The summed E-state index contributed by atoms with van der Waals surface area (Å²) in [6, 6.07) is 7.47. The van der Waals surface area contributed by atoms with Crippen LogP contribution in [0.1, 0.15) is 68.5 Å². The summed E-state index contributed by atoms with van der Waals surface area (Å²) in [6.45, 7) is 6.53. The summed E-state index contributed by atoms with van der Waals surface area (Å²) in [7, 11) is 0. The quantitative estimate of drug-likeness (QED) is 0.667. The molecule has 4 aliphatic rings. The average Bonchev–Trinajstić information content (AvgIpc) is 3.02. The van der Waals surface area contributed by atoms with Crippen molar-refractivity contribution >= 4 is 17.5 Å². The summed E-state index contributed by atoms with van der Waals surface area (Å²) in [5.74, 6) is 2.61. The van der Waals surface area contributed by atoms with Crippen molar-refractivity contribution in [2.75, 3.05) is 0 Å². The number of benzene rings is 1. The van der Waals surface area contributed by atoms with E-state index in [9.17, 15) is 4.79 Å². The first-order chi connectivity index (χ1) is 13.8. The smallest absolute Gasteiger partial charge is 0.257 e. The molecule has 0 spiro atoms. The second kappa shape index (κ2) is 6.60. The number of carbonyl (C=O) groups is 1. The molecule has 4 aliphatic carbocycles. The van der Waals surface area contributed by atoms with Gasteiger partial charge in [0.1, 0.15) is 17.0 Å². The van der Waals surface area contributed by atoms with E-state index >= 15 is 0 Å². The van der Waals surface area contributed by atoms with Crippen molar-refractivity contribution in [2.45, 2.75) is 64.8 Å². The third kappa shape index (κ3) is 3.02. The van der Waals surface area contributed by atoms with Crippen LogP contribution in [0.5, 0.6) is 0 Å². The van der Waals surface area contributed by atoms with Gasteiger partial charge in [0.05, 0.1) is 5.02 Å². The van der Waals surface area contributed by atoms with Crippen LogP contribution in [0.3, 0.4) is 0 Å². The maximum absolute atomic E-state index is 13.5. The molecule has 0 aliphatic heterocycles. The monoisotopic (exact) mass is 412 g/mol. The van der Waals surface area contributed by atoms with E-state index in [1.807, 2.05) is 24.3 Å². The average molecular weight is 413 g/mol. The number of hydrogen-bond acceptors (Lipinski definition) is 3. The highest BCUT2D eigenvalue weighted by Crippen LogP contribution is 2.64. The van der Waals surface area contributed by atoms with E-state index in [0.717, 1.165) is 36.7 Å². The number of nitrogens with one attached hydrogen (secondary N) is 1. The first-order valence-corrected chi connectivity index (χ1v) is 11.2. The number of hydrogen-bond donors (Lipinski definition) is 1. The van der Waals surface area contributed by atoms with Crippen LogP contribution < -0.4 is 5.32 Å². The number of halogens is 1. The molecule has 6 rings (SSSR count). The van der Waals surface area contributed by atoms with Gasteiger partial charge in [0.2, 0.25) is 0 Å². The normalized spacial score (nSPS) is 32.7. The summed E-state index contributed by atoms with van der Waals surface area (Å²) in [5, 5.41) is 8.25. The van der Waals surface area contributed by atoms with Gasteiger partial charge in [0.25, 0.3) is 5.91 Å². The second-order valence-electron chi connectivity index (χ2n) is 10.2. The Morgan fingerprint density at radius 2 is 1.90 bits per heavy atom. The van der Waals surface area contributed by atoms with Crippen molar-refractivity contribution in [1.82, 2.24) is 10.5 Å². The predicted molar refractivity (Wildman–Crippen MR) is 114 cm³/mol. The van der Waals surface area contributed by atoms with Crippen molar-refractivity contribution in [1.29, 1.82) is 0 Å². The number of amides is 1. The Hall–Kier alpha value is -1.81. The number of carbonyl (C=O) groups excluding carboxylic acids is 1. The Bertz CT molecular complexity index is 950. The van der Waals surface area contributed by atoms with E-state index in [-0.39, 0.29) is 11.4 Å². The van der Waals surface area contributed by atoms with E-state index in [1.165, 1.54) is 19.3 Å². The molecule has 1 N–H and O–H groups in total. The fourth-order valence-electron chi connectivity index (χ4n) is 6.94. The highest BCUT2D eigenvalue weighted by molar-refractivity contribution is 6.33. The van der Waals surface area contributed by atoms with Gasteiger partial charge in [-0.1, -0.05) is 48.8 Å². The minimum absolute atomic E-state index is 0.0699. The number of nitrogens with zero attached hydrogens (tertiary/aromatic N) is 1. The van der Waals surface area contributed by atoms with Crippen molar-refractivity contribution in [3.05, 3.63) is 40.6 Å². The third-order valence-electron chi connectivity index (χ3n) is 7.93. The summed E-state index contributed by atoms with van der Waals surface area (Å²) in [4.78, 5) is 13.5. The van der Waals surface area contributed by atoms with Crippen LogP contribution in [-0.2, 0) is 0 Å². The largest absolute Gasteiger partial charge is 0.360 e. The van der Waals surface area contributed by atoms with Gasteiger partial charge in [-0.25, -0.2) is 0 Å². The molecule has 4 nitrogen and oxygen atoms in total. The molecule has 1 aromatic carbocycles.